The molecule has 1 saturated heterocycles. The lowest BCUT2D eigenvalue weighted by atomic mass is 10.1. The SMILES string of the molecule is COc1cccc(N2CCN(C(=O)c3ccccc3F)C(C)C2=O)c1. The second kappa shape index (κ2) is 6.93. The second-order valence-corrected chi connectivity index (χ2v) is 5.85. The Morgan fingerprint density at radius 3 is 2.64 bits per heavy atom. The minimum atomic E-state index is -0.674. The van der Waals surface area contributed by atoms with E-state index in [1.54, 1.807) is 37.1 Å². The maximum Gasteiger partial charge on any atom is 0.257 e. The number of halogens is 1. The Morgan fingerprint density at radius 2 is 1.92 bits per heavy atom. The zero-order valence-electron chi connectivity index (χ0n) is 14.1. The van der Waals surface area contributed by atoms with Crippen LogP contribution in [0.5, 0.6) is 5.75 Å². The Labute approximate surface area is 145 Å². The van der Waals surface area contributed by atoms with Crippen molar-refractivity contribution in [2.75, 3.05) is 25.1 Å². The highest BCUT2D eigenvalue weighted by atomic mass is 19.1. The highest BCUT2D eigenvalue weighted by Gasteiger charge is 2.36. The first-order valence-corrected chi connectivity index (χ1v) is 8.04. The van der Waals surface area contributed by atoms with E-state index in [1.165, 1.54) is 23.1 Å². The van der Waals surface area contributed by atoms with E-state index in [4.69, 9.17) is 4.74 Å². The van der Waals surface area contributed by atoms with Gasteiger partial charge in [0.25, 0.3) is 5.91 Å². The fraction of sp³-hybridized carbons (Fsp3) is 0.263. The highest BCUT2D eigenvalue weighted by molar-refractivity contribution is 6.03. The average Bonchev–Trinajstić information content (AvgIpc) is 2.64. The van der Waals surface area contributed by atoms with Crippen molar-refractivity contribution in [2.45, 2.75) is 13.0 Å². The number of benzene rings is 2. The monoisotopic (exact) mass is 342 g/mol. The van der Waals surface area contributed by atoms with Crippen molar-refractivity contribution in [1.82, 2.24) is 4.90 Å². The molecule has 1 fully saturated rings. The molecule has 2 amide bonds. The van der Waals surface area contributed by atoms with Crippen LogP contribution in [0, 0.1) is 5.82 Å². The third kappa shape index (κ3) is 3.20. The number of rotatable bonds is 3. The number of amides is 2. The van der Waals surface area contributed by atoms with Gasteiger partial charge in [-0.2, -0.15) is 0 Å². The first-order chi connectivity index (χ1) is 12.0. The molecule has 2 aromatic carbocycles. The number of carbonyl (C=O) groups is 2. The molecule has 2 aromatic rings. The molecule has 1 aliphatic heterocycles. The normalized spacial score (nSPS) is 17.6. The van der Waals surface area contributed by atoms with Crippen LogP contribution in [0.25, 0.3) is 0 Å². The van der Waals surface area contributed by atoms with Gasteiger partial charge in [0, 0.05) is 24.8 Å². The molecular formula is C19H19FN2O3. The van der Waals surface area contributed by atoms with Gasteiger partial charge in [0.15, 0.2) is 0 Å². The Balaban J connectivity index is 1.82. The van der Waals surface area contributed by atoms with Gasteiger partial charge < -0.3 is 14.5 Å². The third-order valence-electron chi connectivity index (χ3n) is 4.39. The van der Waals surface area contributed by atoms with Crippen molar-refractivity contribution in [1.29, 1.82) is 0 Å². The van der Waals surface area contributed by atoms with Crippen LogP contribution >= 0.6 is 0 Å². The number of anilines is 1. The summed E-state index contributed by atoms with van der Waals surface area (Å²) in [6.07, 6.45) is 0. The summed E-state index contributed by atoms with van der Waals surface area (Å²) in [6, 6.07) is 12.3. The molecule has 5 nitrogen and oxygen atoms in total. The summed E-state index contributed by atoms with van der Waals surface area (Å²) < 4.78 is 19.1. The van der Waals surface area contributed by atoms with E-state index >= 15 is 0 Å². The van der Waals surface area contributed by atoms with E-state index in [9.17, 15) is 14.0 Å². The van der Waals surface area contributed by atoms with Crippen LogP contribution in [-0.4, -0.2) is 43.0 Å². The summed E-state index contributed by atoms with van der Waals surface area (Å²) in [5, 5.41) is 0. The molecule has 0 aliphatic carbocycles. The van der Waals surface area contributed by atoms with E-state index in [2.05, 4.69) is 0 Å². The van der Waals surface area contributed by atoms with Crippen LogP contribution in [0.15, 0.2) is 48.5 Å². The van der Waals surface area contributed by atoms with E-state index < -0.39 is 17.8 Å². The lowest BCUT2D eigenvalue weighted by Crippen LogP contribution is -2.57. The Hall–Kier alpha value is -2.89. The van der Waals surface area contributed by atoms with Crippen molar-refractivity contribution in [3.05, 3.63) is 59.9 Å². The molecular weight excluding hydrogens is 323 g/mol. The van der Waals surface area contributed by atoms with Gasteiger partial charge in [-0.05, 0) is 31.2 Å². The zero-order valence-corrected chi connectivity index (χ0v) is 14.1. The Kier molecular flexibility index (Phi) is 4.70. The minimum Gasteiger partial charge on any atom is -0.497 e. The van der Waals surface area contributed by atoms with Crippen molar-refractivity contribution < 1.29 is 18.7 Å². The van der Waals surface area contributed by atoms with Gasteiger partial charge in [-0.25, -0.2) is 4.39 Å². The fourth-order valence-corrected chi connectivity index (χ4v) is 2.97. The molecule has 130 valence electrons. The number of nitrogens with zero attached hydrogens (tertiary/aromatic N) is 2. The molecule has 0 spiro atoms. The standard InChI is InChI=1S/C19H19FN2O3/c1-13-18(23)22(14-6-5-7-15(12-14)25-2)11-10-21(13)19(24)16-8-3-4-9-17(16)20/h3-9,12-13H,10-11H2,1-2H3. The van der Waals surface area contributed by atoms with E-state index in [0.717, 1.165) is 0 Å². The van der Waals surface area contributed by atoms with Crippen LogP contribution < -0.4 is 9.64 Å². The molecule has 25 heavy (non-hydrogen) atoms. The van der Waals surface area contributed by atoms with Gasteiger partial charge in [-0.1, -0.05) is 18.2 Å². The number of carbonyl (C=O) groups excluding carboxylic acids is 2. The van der Waals surface area contributed by atoms with Gasteiger partial charge in [0.05, 0.1) is 12.7 Å². The van der Waals surface area contributed by atoms with E-state index in [1.807, 2.05) is 12.1 Å². The first kappa shape index (κ1) is 17.0. The third-order valence-corrected chi connectivity index (χ3v) is 4.39. The number of ether oxygens (including phenoxy) is 1. The largest absolute Gasteiger partial charge is 0.497 e. The Morgan fingerprint density at radius 1 is 1.16 bits per heavy atom. The predicted molar refractivity (Wildman–Crippen MR) is 92.2 cm³/mol. The molecule has 0 N–H and O–H groups in total. The van der Waals surface area contributed by atoms with Crippen molar-refractivity contribution in [3.63, 3.8) is 0 Å². The molecule has 1 atom stereocenters. The van der Waals surface area contributed by atoms with E-state index in [0.29, 0.717) is 24.5 Å². The number of hydrogen-bond acceptors (Lipinski definition) is 3. The van der Waals surface area contributed by atoms with Crippen LogP contribution in [0.4, 0.5) is 10.1 Å². The average molecular weight is 342 g/mol. The van der Waals surface area contributed by atoms with Crippen LogP contribution in [-0.2, 0) is 4.79 Å². The quantitative estimate of drug-likeness (QED) is 0.862. The topological polar surface area (TPSA) is 49.9 Å². The molecule has 6 heteroatoms. The fourth-order valence-electron chi connectivity index (χ4n) is 2.97. The van der Waals surface area contributed by atoms with Crippen LogP contribution in [0.2, 0.25) is 0 Å². The summed E-state index contributed by atoms with van der Waals surface area (Å²) in [5.41, 5.74) is 0.700. The molecule has 0 bridgehead atoms. The second-order valence-electron chi connectivity index (χ2n) is 5.85. The molecule has 0 saturated carbocycles. The number of hydrogen-bond donors (Lipinski definition) is 0. The summed E-state index contributed by atoms with van der Waals surface area (Å²) in [6.45, 7) is 2.33. The van der Waals surface area contributed by atoms with Crippen LogP contribution in [0.3, 0.4) is 0 Å². The van der Waals surface area contributed by atoms with Crippen molar-refractivity contribution >= 4 is 17.5 Å². The maximum absolute atomic E-state index is 13.9. The lowest BCUT2D eigenvalue weighted by Gasteiger charge is -2.39. The molecule has 0 aromatic heterocycles. The smallest absolute Gasteiger partial charge is 0.257 e. The van der Waals surface area contributed by atoms with E-state index in [-0.39, 0.29) is 11.5 Å². The zero-order chi connectivity index (χ0) is 18.0. The van der Waals surface area contributed by atoms with Gasteiger partial charge in [0.1, 0.15) is 17.6 Å². The minimum absolute atomic E-state index is 0.0167. The maximum atomic E-state index is 13.9. The van der Waals surface area contributed by atoms with Gasteiger partial charge in [-0.15, -0.1) is 0 Å². The van der Waals surface area contributed by atoms with Gasteiger partial charge in [0.2, 0.25) is 5.91 Å². The molecule has 0 radical (unpaired) electrons. The summed E-state index contributed by atoms with van der Waals surface area (Å²) in [5.74, 6) is -0.598. The van der Waals surface area contributed by atoms with Crippen molar-refractivity contribution in [3.8, 4) is 5.75 Å². The van der Waals surface area contributed by atoms with Crippen LogP contribution in [0.1, 0.15) is 17.3 Å². The summed E-state index contributed by atoms with van der Waals surface area (Å²) in [7, 11) is 1.56. The summed E-state index contributed by atoms with van der Waals surface area (Å²) in [4.78, 5) is 28.4. The summed E-state index contributed by atoms with van der Waals surface area (Å²) >= 11 is 0. The molecule has 1 heterocycles. The van der Waals surface area contributed by atoms with Gasteiger partial charge in [-0.3, -0.25) is 9.59 Å². The number of piperazine rings is 1. The lowest BCUT2D eigenvalue weighted by molar-refractivity contribution is -0.124. The van der Waals surface area contributed by atoms with Gasteiger partial charge >= 0.3 is 0 Å². The van der Waals surface area contributed by atoms with Crippen molar-refractivity contribution in [2.24, 2.45) is 0 Å². The molecule has 1 unspecified atom stereocenters. The predicted octanol–water partition coefficient (Wildman–Crippen LogP) is 2.71. The first-order valence-electron chi connectivity index (χ1n) is 8.04. The molecule has 1 aliphatic rings. The Bertz CT molecular complexity index is 809. The highest BCUT2D eigenvalue weighted by Crippen LogP contribution is 2.25. The number of methoxy groups -OCH3 is 1. The molecule has 3 rings (SSSR count).